The largest absolute Gasteiger partial charge is 0.378 e. The lowest BCUT2D eigenvalue weighted by atomic mass is 10.0. The minimum absolute atomic E-state index is 0.168. The summed E-state index contributed by atoms with van der Waals surface area (Å²) in [6, 6.07) is 8.04. The van der Waals surface area contributed by atoms with Crippen molar-refractivity contribution in [3.8, 4) is 0 Å². The summed E-state index contributed by atoms with van der Waals surface area (Å²) in [5, 5.41) is 1.70. The van der Waals surface area contributed by atoms with E-state index in [1.54, 1.807) is 0 Å². The number of rotatable bonds is 1. The van der Waals surface area contributed by atoms with E-state index in [9.17, 15) is 0 Å². The number of nitrogens with zero attached hydrogens (tertiary/aromatic N) is 2. The zero-order valence-corrected chi connectivity index (χ0v) is 14.4. The van der Waals surface area contributed by atoms with Crippen LogP contribution in [0.25, 0.3) is 10.9 Å². The van der Waals surface area contributed by atoms with Crippen molar-refractivity contribution >= 4 is 44.3 Å². The van der Waals surface area contributed by atoms with Crippen LogP contribution in [0.1, 0.15) is 6.42 Å². The van der Waals surface area contributed by atoms with Crippen molar-refractivity contribution in [2.24, 2.45) is 0 Å². The summed E-state index contributed by atoms with van der Waals surface area (Å²) in [5.41, 5.74) is 0.670. The van der Waals surface area contributed by atoms with Crippen LogP contribution in [0.5, 0.6) is 0 Å². The van der Waals surface area contributed by atoms with Gasteiger partial charge < -0.3 is 14.4 Å². The summed E-state index contributed by atoms with van der Waals surface area (Å²) in [6.07, 6.45) is 0.949. The Morgan fingerprint density at radius 2 is 2.18 bits per heavy atom. The van der Waals surface area contributed by atoms with Crippen LogP contribution in [0.15, 0.2) is 28.7 Å². The normalized spacial score (nSPS) is 25.3. The molecule has 3 heterocycles. The average molecular weight is 384 g/mol. The summed E-state index contributed by atoms with van der Waals surface area (Å²) in [6.45, 7) is 3.81. The monoisotopic (exact) mass is 382 g/mol. The first-order chi connectivity index (χ1) is 10.7. The fraction of sp³-hybridized carbons (Fsp3) is 0.438. The van der Waals surface area contributed by atoms with E-state index >= 15 is 0 Å². The van der Waals surface area contributed by atoms with Gasteiger partial charge in [0.1, 0.15) is 11.4 Å². The highest BCUT2D eigenvalue weighted by Crippen LogP contribution is 2.32. The Hall–Kier alpha value is -0.880. The summed E-state index contributed by atoms with van der Waals surface area (Å²) in [4.78, 5) is 7.04. The molecule has 2 fully saturated rings. The Balaban J connectivity index is 1.68. The van der Waals surface area contributed by atoms with Gasteiger partial charge in [-0.15, -0.1) is 0 Å². The van der Waals surface area contributed by atoms with Crippen molar-refractivity contribution in [3.05, 3.63) is 33.8 Å². The molecule has 2 saturated heterocycles. The molecule has 2 aliphatic rings. The molecule has 116 valence electrons. The second-order valence-electron chi connectivity index (χ2n) is 5.88. The maximum absolute atomic E-state index is 6.34. The molecule has 0 amide bonds. The Morgan fingerprint density at radius 1 is 1.27 bits per heavy atom. The predicted molar refractivity (Wildman–Crippen MR) is 90.8 cm³/mol. The van der Waals surface area contributed by atoms with E-state index < -0.39 is 0 Å². The quantitative estimate of drug-likeness (QED) is 0.753. The standard InChI is InChI=1S/C16H16BrClN2O2/c17-12-7-11-1-2-14(19-15(11)13(18)8-12)20-4-6-22-16(9-20)3-5-21-10-16/h1-2,7-8H,3-6,9-10H2. The van der Waals surface area contributed by atoms with E-state index in [4.69, 9.17) is 26.1 Å². The van der Waals surface area contributed by atoms with Crippen LogP contribution < -0.4 is 4.90 Å². The Kier molecular flexibility index (Phi) is 3.77. The zero-order chi connectivity index (χ0) is 15.2. The maximum atomic E-state index is 6.34. The minimum Gasteiger partial charge on any atom is -0.378 e. The van der Waals surface area contributed by atoms with Crippen molar-refractivity contribution in [1.29, 1.82) is 0 Å². The first-order valence-corrected chi connectivity index (χ1v) is 8.55. The number of halogens is 2. The van der Waals surface area contributed by atoms with Crippen molar-refractivity contribution in [1.82, 2.24) is 4.98 Å². The van der Waals surface area contributed by atoms with Crippen LogP contribution in [0.2, 0.25) is 5.02 Å². The molecule has 0 saturated carbocycles. The molecule has 1 atom stereocenters. The number of morpholine rings is 1. The fourth-order valence-corrected chi connectivity index (χ4v) is 4.07. The number of aromatic nitrogens is 1. The molecule has 1 unspecified atom stereocenters. The van der Waals surface area contributed by atoms with E-state index in [0.29, 0.717) is 18.2 Å². The lowest BCUT2D eigenvalue weighted by Gasteiger charge is -2.40. The van der Waals surface area contributed by atoms with Crippen LogP contribution >= 0.6 is 27.5 Å². The van der Waals surface area contributed by atoms with Gasteiger partial charge in [-0.1, -0.05) is 27.5 Å². The number of hydrogen-bond donors (Lipinski definition) is 0. The molecule has 0 aliphatic carbocycles. The summed E-state index contributed by atoms with van der Waals surface area (Å²) in [5.74, 6) is 0.950. The number of hydrogen-bond acceptors (Lipinski definition) is 4. The highest BCUT2D eigenvalue weighted by molar-refractivity contribution is 9.10. The first kappa shape index (κ1) is 14.7. The van der Waals surface area contributed by atoms with E-state index in [-0.39, 0.29) is 5.60 Å². The smallest absolute Gasteiger partial charge is 0.129 e. The van der Waals surface area contributed by atoms with Gasteiger partial charge in [-0.2, -0.15) is 0 Å². The molecular formula is C16H16BrClN2O2. The third kappa shape index (κ3) is 2.60. The van der Waals surface area contributed by atoms with Gasteiger partial charge in [0.15, 0.2) is 0 Å². The van der Waals surface area contributed by atoms with Crippen LogP contribution in [0.3, 0.4) is 0 Å². The minimum atomic E-state index is -0.168. The Morgan fingerprint density at radius 3 is 3.00 bits per heavy atom. The van der Waals surface area contributed by atoms with Gasteiger partial charge in [-0.25, -0.2) is 4.98 Å². The number of ether oxygens (including phenoxy) is 2. The Bertz CT molecular complexity index is 719. The summed E-state index contributed by atoms with van der Waals surface area (Å²) < 4.78 is 12.5. The Labute approximate surface area is 142 Å². The molecule has 2 aliphatic heterocycles. The van der Waals surface area contributed by atoms with Gasteiger partial charge in [-0.3, -0.25) is 0 Å². The lowest BCUT2D eigenvalue weighted by molar-refractivity contribution is -0.0581. The van der Waals surface area contributed by atoms with E-state index in [1.807, 2.05) is 12.1 Å². The fourth-order valence-electron chi connectivity index (χ4n) is 3.19. The lowest BCUT2D eigenvalue weighted by Crippen LogP contribution is -2.52. The molecular weight excluding hydrogens is 368 g/mol. The topological polar surface area (TPSA) is 34.6 Å². The van der Waals surface area contributed by atoms with Crippen LogP contribution in [0.4, 0.5) is 5.82 Å². The number of fused-ring (bicyclic) bond motifs is 1. The van der Waals surface area contributed by atoms with Gasteiger partial charge in [0.25, 0.3) is 0 Å². The van der Waals surface area contributed by atoms with Crippen molar-refractivity contribution < 1.29 is 9.47 Å². The third-order valence-corrected chi connectivity index (χ3v) is 5.08. The molecule has 0 bridgehead atoms. The molecule has 4 rings (SSSR count). The second-order valence-corrected chi connectivity index (χ2v) is 7.21. The molecule has 0 N–H and O–H groups in total. The van der Waals surface area contributed by atoms with Crippen LogP contribution in [0, 0.1) is 0 Å². The molecule has 1 aromatic heterocycles. The molecule has 1 spiro atoms. The zero-order valence-electron chi connectivity index (χ0n) is 12.0. The van der Waals surface area contributed by atoms with Crippen molar-refractivity contribution in [2.75, 3.05) is 37.8 Å². The van der Waals surface area contributed by atoms with E-state index in [0.717, 1.165) is 47.3 Å². The third-order valence-electron chi connectivity index (χ3n) is 4.34. The average Bonchev–Trinajstić information content (AvgIpc) is 2.94. The van der Waals surface area contributed by atoms with Crippen LogP contribution in [-0.4, -0.2) is 43.5 Å². The van der Waals surface area contributed by atoms with Gasteiger partial charge in [0.05, 0.1) is 30.3 Å². The van der Waals surface area contributed by atoms with Crippen LogP contribution in [-0.2, 0) is 9.47 Å². The molecule has 6 heteroatoms. The molecule has 1 aromatic carbocycles. The SMILES string of the molecule is Clc1cc(Br)cc2ccc(N3CCOC4(CCOC4)C3)nc12. The van der Waals surface area contributed by atoms with Crippen molar-refractivity contribution in [2.45, 2.75) is 12.0 Å². The van der Waals surface area contributed by atoms with Crippen molar-refractivity contribution in [3.63, 3.8) is 0 Å². The molecule has 2 aromatic rings. The summed E-state index contributed by atoms with van der Waals surface area (Å²) >= 11 is 9.80. The van der Waals surface area contributed by atoms with Gasteiger partial charge >= 0.3 is 0 Å². The predicted octanol–water partition coefficient (Wildman–Crippen LogP) is 3.65. The van der Waals surface area contributed by atoms with E-state index in [1.165, 1.54) is 0 Å². The van der Waals surface area contributed by atoms with Gasteiger partial charge in [0, 0.05) is 29.4 Å². The van der Waals surface area contributed by atoms with Gasteiger partial charge in [0.2, 0.25) is 0 Å². The number of benzene rings is 1. The second kappa shape index (κ2) is 5.64. The number of anilines is 1. The van der Waals surface area contributed by atoms with E-state index in [2.05, 4.69) is 33.0 Å². The highest BCUT2D eigenvalue weighted by atomic mass is 79.9. The first-order valence-electron chi connectivity index (χ1n) is 7.38. The van der Waals surface area contributed by atoms with Gasteiger partial charge in [-0.05, 0) is 24.3 Å². The maximum Gasteiger partial charge on any atom is 0.129 e. The number of pyridine rings is 1. The molecule has 4 nitrogen and oxygen atoms in total. The summed E-state index contributed by atoms with van der Waals surface area (Å²) in [7, 11) is 0. The highest BCUT2D eigenvalue weighted by Gasteiger charge is 2.40. The molecule has 0 radical (unpaired) electrons. The molecule has 22 heavy (non-hydrogen) atoms.